The molecule has 0 bridgehead atoms. The van der Waals surface area contributed by atoms with Crippen LogP contribution in [0.25, 0.3) is 0 Å². The third-order valence-corrected chi connectivity index (χ3v) is 5.39. The Balaban J connectivity index is 2.74. The van der Waals surface area contributed by atoms with Gasteiger partial charge in [-0.1, -0.05) is 23.5 Å². The predicted molar refractivity (Wildman–Crippen MR) is 57.6 cm³/mol. The van der Waals surface area contributed by atoms with Crippen LogP contribution in [0.1, 0.15) is 27.7 Å². The predicted octanol–water partition coefficient (Wildman–Crippen LogP) is 2.59. The van der Waals surface area contributed by atoms with E-state index in [2.05, 4.69) is 0 Å². The van der Waals surface area contributed by atoms with E-state index in [4.69, 9.17) is 0 Å². The van der Waals surface area contributed by atoms with Gasteiger partial charge in [-0.25, -0.2) is 0 Å². The Hall–Kier alpha value is -0.220. The van der Waals surface area contributed by atoms with E-state index in [1.807, 2.05) is 6.92 Å². The minimum atomic E-state index is -0.355. The van der Waals surface area contributed by atoms with Gasteiger partial charge in [0.1, 0.15) is 4.08 Å². The SMILES string of the molecule is CC(=O)C(C)=C1SC(C)(C(C)=O)S1. The van der Waals surface area contributed by atoms with Crippen LogP contribution in [0, 0.1) is 0 Å². The summed E-state index contributed by atoms with van der Waals surface area (Å²) in [5.41, 5.74) is 0.772. The van der Waals surface area contributed by atoms with E-state index < -0.39 is 0 Å². The number of carbonyl (C=O) groups is 2. The van der Waals surface area contributed by atoms with Crippen LogP contribution in [0.15, 0.2) is 9.81 Å². The molecular formula is C9H12O2S2. The van der Waals surface area contributed by atoms with Crippen molar-refractivity contribution < 1.29 is 9.59 Å². The third kappa shape index (κ3) is 1.99. The van der Waals surface area contributed by atoms with Crippen molar-refractivity contribution in [2.75, 3.05) is 0 Å². The van der Waals surface area contributed by atoms with Gasteiger partial charge in [-0.05, 0) is 27.7 Å². The van der Waals surface area contributed by atoms with Gasteiger partial charge >= 0.3 is 0 Å². The van der Waals surface area contributed by atoms with E-state index in [1.165, 1.54) is 23.5 Å². The van der Waals surface area contributed by atoms with Gasteiger partial charge in [0, 0.05) is 5.57 Å². The van der Waals surface area contributed by atoms with Crippen LogP contribution < -0.4 is 0 Å². The summed E-state index contributed by atoms with van der Waals surface area (Å²) in [5.74, 6) is 0.239. The van der Waals surface area contributed by atoms with E-state index in [1.54, 1.807) is 20.8 Å². The number of hydrogen-bond donors (Lipinski definition) is 0. The second-order valence-electron chi connectivity index (χ2n) is 3.17. The Labute approximate surface area is 86.5 Å². The molecule has 1 saturated heterocycles. The first-order valence-electron chi connectivity index (χ1n) is 3.97. The minimum absolute atomic E-state index is 0.0839. The van der Waals surface area contributed by atoms with Crippen molar-refractivity contribution in [2.45, 2.75) is 31.8 Å². The molecule has 1 heterocycles. The molecular weight excluding hydrogens is 204 g/mol. The van der Waals surface area contributed by atoms with Crippen LogP contribution in [0.5, 0.6) is 0 Å². The highest BCUT2D eigenvalue weighted by Crippen LogP contribution is 2.61. The van der Waals surface area contributed by atoms with Gasteiger partial charge in [0.15, 0.2) is 11.6 Å². The Bertz CT molecular complexity index is 297. The van der Waals surface area contributed by atoms with Gasteiger partial charge in [-0.2, -0.15) is 0 Å². The van der Waals surface area contributed by atoms with Crippen molar-refractivity contribution in [3.8, 4) is 0 Å². The van der Waals surface area contributed by atoms with E-state index in [-0.39, 0.29) is 15.6 Å². The lowest BCUT2D eigenvalue weighted by molar-refractivity contribution is -0.117. The second kappa shape index (κ2) is 3.50. The van der Waals surface area contributed by atoms with Crippen molar-refractivity contribution in [3.63, 3.8) is 0 Å². The highest BCUT2D eigenvalue weighted by molar-refractivity contribution is 8.40. The van der Waals surface area contributed by atoms with Crippen LogP contribution in [-0.2, 0) is 9.59 Å². The number of allylic oxidation sites excluding steroid dienone is 1. The molecule has 1 aliphatic heterocycles. The quantitative estimate of drug-likeness (QED) is 0.664. The van der Waals surface area contributed by atoms with Crippen LogP contribution in [0.4, 0.5) is 0 Å². The molecule has 1 fully saturated rings. The molecule has 0 saturated carbocycles. The van der Waals surface area contributed by atoms with Crippen LogP contribution in [-0.4, -0.2) is 15.6 Å². The fraction of sp³-hybridized carbons (Fsp3) is 0.556. The zero-order valence-electron chi connectivity index (χ0n) is 8.13. The maximum atomic E-state index is 11.1. The maximum absolute atomic E-state index is 11.1. The monoisotopic (exact) mass is 216 g/mol. The Morgan fingerprint density at radius 2 is 1.62 bits per heavy atom. The fourth-order valence-electron chi connectivity index (χ4n) is 0.802. The number of ketones is 2. The van der Waals surface area contributed by atoms with E-state index in [0.717, 1.165) is 9.81 Å². The van der Waals surface area contributed by atoms with Crippen LogP contribution >= 0.6 is 23.5 Å². The van der Waals surface area contributed by atoms with Gasteiger partial charge in [0.05, 0.1) is 4.24 Å². The highest BCUT2D eigenvalue weighted by atomic mass is 32.3. The molecule has 0 N–H and O–H groups in total. The van der Waals surface area contributed by atoms with Crippen molar-refractivity contribution in [2.24, 2.45) is 0 Å². The van der Waals surface area contributed by atoms with Crippen molar-refractivity contribution in [1.29, 1.82) is 0 Å². The first-order chi connectivity index (χ1) is 5.87. The molecule has 0 unspecified atom stereocenters. The summed E-state index contributed by atoms with van der Waals surface area (Å²) in [6, 6.07) is 0. The number of Topliss-reactive ketones (excluding diaryl/α,β-unsaturated/α-hetero) is 2. The zero-order valence-corrected chi connectivity index (χ0v) is 9.77. The Kier molecular flexibility index (Phi) is 2.92. The molecule has 0 aliphatic carbocycles. The number of thioether (sulfide) groups is 2. The molecule has 2 nitrogen and oxygen atoms in total. The average molecular weight is 216 g/mol. The lowest BCUT2D eigenvalue weighted by Crippen LogP contribution is -2.32. The van der Waals surface area contributed by atoms with Crippen molar-refractivity contribution >= 4 is 35.1 Å². The normalized spacial score (nSPS) is 26.6. The molecule has 0 aromatic rings. The van der Waals surface area contributed by atoms with Gasteiger partial charge in [0.2, 0.25) is 0 Å². The number of hydrogen-bond acceptors (Lipinski definition) is 4. The summed E-state index contributed by atoms with van der Waals surface area (Å²) in [7, 11) is 0. The summed E-state index contributed by atoms with van der Waals surface area (Å²) in [4.78, 5) is 22.1. The molecule has 0 radical (unpaired) electrons. The Morgan fingerprint density at radius 3 is 1.92 bits per heavy atom. The molecule has 0 amide bonds. The molecule has 4 heteroatoms. The largest absolute Gasteiger partial charge is 0.297 e. The van der Waals surface area contributed by atoms with Crippen LogP contribution in [0.2, 0.25) is 0 Å². The van der Waals surface area contributed by atoms with Gasteiger partial charge in [0.25, 0.3) is 0 Å². The summed E-state index contributed by atoms with van der Waals surface area (Å²) < 4.78 is 0.636. The molecule has 0 aromatic heterocycles. The van der Waals surface area contributed by atoms with E-state index in [0.29, 0.717) is 0 Å². The summed E-state index contributed by atoms with van der Waals surface area (Å²) >= 11 is 2.99. The molecule has 0 atom stereocenters. The first kappa shape index (κ1) is 10.9. The third-order valence-electron chi connectivity index (χ3n) is 2.05. The maximum Gasteiger partial charge on any atom is 0.157 e. The molecule has 13 heavy (non-hydrogen) atoms. The Morgan fingerprint density at radius 1 is 1.15 bits per heavy atom. The topological polar surface area (TPSA) is 34.1 Å². The summed E-state index contributed by atoms with van der Waals surface area (Å²) in [6.45, 7) is 6.83. The summed E-state index contributed by atoms with van der Waals surface area (Å²) in [5, 5.41) is 0. The zero-order chi connectivity index (χ0) is 10.2. The molecule has 72 valence electrons. The second-order valence-corrected chi connectivity index (χ2v) is 6.55. The fourth-order valence-corrected chi connectivity index (χ4v) is 3.66. The van der Waals surface area contributed by atoms with Gasteiger partial charge in [-0.15, -0.1) is 0 Å². The summed E-state index contributed by atoms with van der Waals surface area (Å²) in [6.07, 6.45) is 0. The lowest BCUT2D eigenvalue weighted by Gasteiger charge is -2.37. The highest BCUT2D eigenvalue weighted by Gasteiger charge is 2.44. The van der Waals surface area contributed by atoms with Crippen LogP contribution in [0.3, 0.4) is 0 Å². The van der Waals surface area contributed by atoms with Gasteiger partial charge in [-0.3, -0.25) is 9.59 Å². The number of rotatable bonds is 2. The van der Waals surface area contributed by atoms with E-state index in [9.17, 15) is 9.59 Å². The standard InChI is InChI=1S/C9H12O2S2/c1-5(6(2)10)8-12-9(4,13-8)7(3)11/h1-4H3. The molecule has 1 aliphatic rings. The lowest BCUT2D eigenvalue weighted by atomic mass is 10.2. The van der Waals surface area contributed by atoms with E-state index >= 15 is 0 Å². The minimum Gasteiger partial charge on any atom is -0.297 e. The van der Waals surface area contributed by atoms with Crippen molar-refractivity contribution in [1.82, 2.24) is 0 Å². The van der Waals surface area contributed by atoms with Gasteiger partial charge < -0.3 is 0 Å². The molecule has 0 spiro atoms. The molecule has 0 aromatic carbocycles. The average Bonchev–Trinajstić information content (AvgIpc) is 1.96. The smallest absolute Gasteiger partial charge is 0.157 e. The molecule has 1 rings (SSSR count). The number of carbonyl (C=O) groups excluding carboxylic acids is 2. The van der Waals surface area contributed by atoms with Crippen molar-refractivity contribution in [3.05, 3.63) is 9.81 Å². The first-order valence-corrected chi connectivity index (χ1v) is 5.61.